The fraction of sp³-hybridized carbons (Fsp3) is 0.200. The van der Waals surface area contributed by atoms with Gasteiger partial charge in [-0.3, -0.25) is 4.72 Å². The lowest BCUT2D eigenvalue weighted by molar-refractivity contribution is 0.325. The van der Waals surface area contributed by atoms with Gasteiger partial charge in [-0.15, -0.1) is 0 Å². The lowest BCUT2D eigenvalue weighted by Gasteiger charge is -2.21. The van der Waals surface area contributed by atoms with Crippen molar-refractivity contribution in [1.29, 1.82) is 0 Å². The second-order valence-electron chi connectivity index (χ2n) is 6.27. The molecule has 0 aliphatic heterocycles. The van der Waals surface area contributed by atoms with Gasteiger partial charge in [-0.2, -0.15) is 0 Å². The van der Waals surface area contributed by atoms with E-state index in [4.69, 9.17) is 14.2 Å². The number of ether oxygens (including phenoxy) is 3. The molecule has 9 heteroatoms. The highest BCUT2D eigenvalue weighted by Gasteiger charge is 2.26. The van der Waals surface area contributed by atoms with Crippen molar-refractivity contribution in [2.75, 3.05) is 32.3 Å². The van der Waals surface area contributed by atoms with Gasteiger partial charge in [0, 0.05) is 16.1 Å². The van der Waals surface area contributed by atoms with E-state index in [1.165, 1.54) is 27.4 Å². The van der Waals surface area contributed by atoms with Crippen LogP contribution >= 0.6 is 15.9 Å². The van der Waals surface area contributed by atoms with Crippen molar-refractivity contribution in [2.45, 2.75) is 0 Å². The van der Waals surface area contributed by atoms with Gasteiger partial charge in [-0.1, -0.05) is 28.1 Å². The molecule has 0 aliphatic carbocycles. The second kappa shape index (κ2) is 8.00. The smallest absolute Gasteiger partial charge is 0.229 e. The first-order valence-corrected chi connectivity index (χ1v) is 11.1. The van der Waals surface area contributed by atoms with Gasteiger partial charge >= 0.3 is 0 Å². The van der Waals surface area contributed by atoms with Gasteiger partial charge in [0.1, 0.15) is 5.75 Å². The summed E-state index contributed by atoms with van der Waals surface area (Å²) in [6.45, 7) is 0. The number of sulfonamides is 1. The fourth-order valence-corrected chi connectivity index (χ4v) is 4.18. The van der Waals surface area contributed by atoms with Crippen LogP contribution in [0.25, 0.3) is 21.9 Å². The van der Waals surface area contributed by atoms with Crippen LogP contribution in [-0.4, -0.2) is 41.1 Å². The van der Waals surface area contributed by atoms with E-state index in [2.05, 4.69) is 20.7 Å². The van der Waals surface area contributed by atoms with E-state index in [9.17, 15) is 13.5 Å². The van der Waals surface area contributed by atoms with Crippen LogP contribution < -0.4 is 18.9 Å². The van der Waals surface area contributed by atoms with Crippen molar-refractivity contribution in [3.8, 4) is 34.1 Å². The van der Waals surface area contributed by atoms with Gasteiger partial charge in [0.25, 0.3) is 0 Å². The first kappa shape index (κ1) is 21.1. The molecule has 0 saturated heterocycles. The van der Waals surface area contributed by atoms with E-state index in [1.54, 1.807) is 12.1 Å². The maximum Gasteiger partial charge on any atom is 0.229 e. The maximum absolute atomic E-state index is 12.0. The standard InChI is InChI=1S/C20H20BrNO6S/c1-26-16-10-14(22-29(4,24)25)18(20(28-3)19(16)27-2)17-13-7-6-12(21)9-11(13)5-8-15(17)23/h5-10,22-23H,1-4H3. The summed E-state index contributed by atoms with van der Waals surface area (Å²) in [6, 6.07) is 10.4. The highest BCUT2D eigenvalue weighted by Crippen LogP contribution is 2.52. The number of methoxy groups -OCH3 is 3. The largest absolute Gasteiger partial charge is 0.507 e. The lowest BCUT2D eigenvalue weighted by Crippen LogP contribution is -2.12. The van der Waals surface area contributed by atoms with Crippen LogP contribution in [0.5, 0.6) is 23.0 Å². The van der Waals surface area contributed by atoms with Crippen LogP contribution in [-0.2, 0) is 10.0 Å². The van der Waals surface area contributed by atoms with E-state index in [0.717, 1.165) is 16.1 Å². The third-order valence-electron chi connectivity index (χ3n) is 4.34. The van der Waals surface area contributed by atoms with E-state index in [0.29, 0.717) is 16.5 Å². The van der Waals surface area contributed by atoms with Crippen LogP contribution in [0.15, 0.2) is 40.9 Å². The van der Waals surface area contributed by atoms with Crippen molar-refractivity contribution in [3.05, 3.63) is 40.9 Å². The summed E-state index contributed by atoms with van der Waals surface area (Å²) in [6.07, 6.45) is 1.04. The van der Waals surface area contributed by atoms with E-state index < -0.39 is 10.0 Å². The fourth-order valence-electron chi connectivity index (χ4n) is 3.24. The predicted octanol–water partition coefficient (Wildman–Crippen LogP) is 4.37. The molecule has 3 aromatic carbocycles. The molecule has 3 rings (SSSR count). The minimum Gasteiger partial charge on any atom is -0.507 e. The van der Waals surface area contributed by atoms with Gasteiger partial charge in [0.2, 0.25) is 15.8 Å². The summed E-state index contributed by atoms with van der Waals surface area (Å²) in [5.74, 6) is 0.741. The summed E-state index contributed by atoms with van der Waals surface area (Å²) >= 11 is 3.44. The first-order chi connectivity index (χ1) is 13.7. The number of fused-ring (bicyclic) bond motifs is 1. The molecule has 7 nitrogen and oxygen atoms in total. The predicted molar refractivity (Wildman–Crippen MR) is 117 cm³/mol. The quantitative estimate of drug-likeness (QED) is 0.542. The Morgan fingerprint density at radius 3 is 2.21 bits per heavy atom. The molecule has 0 aromatic heterocycles. The second-order valence-corrected chi connectivity index (χ2v) is 8.93. The molecule has 0 heterocycles. The average molecular weight is 482 g/mol. The van der Waals surface area contributed by atoms with E-state index >= 15 is 0 Å². The topological polar surface area (TPSA) is 94.1 Å². The highest BCUT2D eigenvalue weighted by atomic mass is 79.9. The van der Waals surface area contributed by atoms with Crippen LogP contribution in [0, 0.1) is 0 Å². The molecule has 0 unspecified atom stereocenters. The zero-order chi connectivity index (χ0) is 21.3. The average Bonchev–Trinajstić information content (AvgIpc) is 2.66. The molecule has 154 valence electrons. The minimum atomic E-state index is -3.64. The molecular weight excluding hydrogens is 462 g/mol. The third kappa shape index (κ3) is 4.06. The monoisotopic (exact) mass is 481 g/mol. The number of phenols is 1. The number of hydrogen-bond acceptors (Lipinski definition) is 6. The Kier molecular flexibility index (Phi) is 5.81. The number of aromatic hydroxyl groups is 1. The zero-order valence-electron chi connectivity index (χ0n) is 16.2. The van der Waals surface area contributed by atoms with Gasteiger partial charge in [0.15, 0.2) is 11.5 Å². The van der Waals surface area contributed by atoms with Gasteiger partial charge in [-0.25, -0.2) is 8.42 Å². The number of nitrogens with one attached hydrogen (secondary N) is 1. The number of hydrogen-bond donors (Lipinski definition) is 2. The van der Waals surface area contributed by atoms with Crippen molar-refractivity contribution in [3.63, 3.8) is 0 Å². The zero-order valence-corrected chi connectivity index (χ0v) is 18.6. The molecule has 29 heavy (non-hydrogen) atoms. The number of phenolic OH excluding ortho intramolecular Hbond substituents is 1. The Hall–Kier alpha value is -2.65. The minimum absolute atomic E-state index is 0.0399. The summed E-state index contributed by atoms with van der Waals surface area (Å²) in [4.78, 5) is 0. The highest BCUT2D eigenvalue weighted by molar-refractivity contribution is 9.10. The Morgan fingerprint density at radius 1 is 0.931 bits per heavy atom. The van der Waals surface area contributed by atoms with Gasteiger partial charge < -0.3 is 19.3 Å². The van der Waals surface area contributed by atoms with E-state index in [-0.39, 0.29) is 28.7 Å². The summed E-state index contributed by atoms with van der Waals surface area (Å²) < 4.78 is 43.8. The Labute approximate surface area is 177 Å². The molecule has 0 fully saturated rings. The number of benzene rings is 3. The SMILES string of the molecule is COc1cc(NS(C)(=O)=O)c(-c2c(O)ccc3cc(Br)ccc23)c(OC)c1OC. The lowest BCUT2D eigenvalue weighted by atomic mass is 9.94. The van der Waals surface area contributed by atoms with E-state index in [1.807, 2.05) is 18.2 Å². The molecule has 0 amide bonds. The van der Waals surface area contributed by atoms with Gasteiger partial charge in [0.05, 0.1) is 38.8 Å². The summed E-state index contributed by atoms with van der Waals surface area (Å²) in [5, 5.41) is 12.3. The molecule has 0 spiro atoms. The normalized spacial score (nSPS) is 11.3. The maximum atomic E-state index is 12.0. The Morgan fingerprint density at radius 2 is 1.62 bits per heavy atom. The third-order valence-corrected chi connectivity index (χ3v) is 5.42. The summed E-state index contributed by atoms with van der Waals surface area (Å²) in [7, 11) is 0.684. The van der Waals surface area contributed by atoms with Crippen molar-refractivity contribution >= 4 is 42.4 Å². The van der Waals surface area contributed by atoms with Crippen molar-refractivity contribution in [1.82, 2.24) is 0 Å². The summed E-state index contributed by atoms with van der Waals surface area (Å²) in [5.41, 5.74) is 0.924. The molecule has 0 radical (unpaired) electrons. The molecule has 0 saturated carbocycles. The van der Waals surface area contributed by atoms with Crippen LogP contribution in [0.1, 0.15) is 0 Å². The van der Waals surface area contributed by atoms with Crippen LogP contribution in [0.3, 0.4) is 0 Å². The van der Waals surface area contributed by atoms with Crippen molar-refractivity contribution < 1.29 is 27.7 Å². The molecule has 3 aromatic rings. The molecule has 2 N–H and O–H groups in total. The van der Waals surface area contributed by atoms with Crippen LogP contribution in [0.2, 0.25) is 0 Å². The van der Waals surface area contributed by atoms with Gasteiger partial charge in [-0.05, 0) is 29.0 Å². The molecule has 0 aliphatic rings. The molecule has 0 bridgehead atoms. The Bertz CT molecular complexity index is 1190. The molecule has 0 atom stereocenters. The molecular formula is C20H20BrNO6S. The van der Waals surface area contributed by atoms with Crippen molar-refractivity contribution in [2.24, 2.45) is 0 Å². The number of anilines is 1. The number of rotatable bonds is 6. The van der Waals surface area contributed by atoms with Crippen LogP contribution in [0.4, 0.5) is 5.69 Å². The Balaban J connectivity index is 2.51. The number of halogens is 1. The first-order valence-electron chi connectivity index (χ1n) is 8.42.